The second-order valence-electron chi connectivity index (χ2n) is 8.74. The molecule has 3 N–H and O–H groups in total. The highest BCUT2D eigenvalue weighted by Crippen LogP contribution is 2.42. The maximum Gasteiger partial charge on any atom is 0.319 e. The first-order valence-corrected chi connectivity index (χ1v) is 11.1. The van der Waals surface area contributed by atoms with Crippen molar-refractivity contribution in [1.29, 1.82) is 0 Å². The van der Waals surface area contributed by atoms with E-state index in [1.165, 1.54) is 0 Å². The summed E-state index contributed by atoms with van der Waals surface area (Å²) in [4.78, 5) is 17.5. The van der Waals surface area contributed by atoms with E-state index < -0.39 is 12.1 Å². The Morgan fingerprint density at radius 1 is 1.16 bits per heavy atom. The second kappa shape index (κ2) is 8.44. The van der Waals surface area contributed by atoms with Gasteiger partial charge in [0.15, 0.2) is 0 Å². The van der Waals surface area contributed by atoms with Gasteiger partial charge in [0, 0.05) is 16.2 Å². The predicted molar refractivity (Wildman–Crippen MR) is 127 cm³/mol. The number of benzene rings is 2. The number of fused-ring (bicyclic) bond motifs is 1. The van der Waals surface area contributed by atoms with E-state index in [1.807, 2.05) is 55.5 Å². The molecule has 6 heteroatoms. The van der Waals surface area contributed by atoms with Crippen molar-refractivity contribution < 1.29 is 9.90 Å². The molecule has 4 rings (SSSR count). The number of amides is 2. The molecule has 5 nitrogen and oxygen atoms in total. The number of nitrogens with one attached hydrogen (secondary N) is 2. The molecule has 0 radical (unpaired) electrons. The van der Waals surface area contributed by atoms with E-state index in [4.69, 9.17) is 0 Å². The van der Waals surface area contributed by atoms with Crippen LogP contribution in [0.5, 0.6) is 0 Å². The van der Waals surface area contributed by atoms with Gasteiger partial charge >= 0.3 is 6.03 Å². The van der Waals surface area contributed by atoms with Crippen LogP contribution >= 0.6 is 15.9 Å². The number of pyridine rings is 1. The number of carbonyl (C=O) groups excluding carboxylic acids is 1. The van der Waals surface area contributed by atoms with Gasteiger partial charge in [-0.25, -0.2) is 4.79 Å². The zero-order chi connectivity index (χ0) is 22.2. The third kappa shape index (κ3) is 4.50. The van der Waals surface area contributed by atoms with Crippen LogP contribution in [0, 0.1) is 6.92 Å². The molecular weight excluding hydrogens is 454 g/mol. The molecule has 0 spiro atoms. The number of nitrogens with zero attached hydrogens (tertiary/aromatic N) is 1. The van der Waals surface area contributed by atoms with Crippen LogP contribution in [0.25, 0.3) is 11.3 Å². The Labute approximate surface area is 191 Å². The summed E-state index contributed by atoms with van der Waals surface area (Å²) in [5.74, 6) is 0. The van der Waals surface area contributed by atoms with Gasteiger partial charge in [0.2, 0.25) is 0 Å². The molecule has 0 bridgehead atoms. The van der Waals surface area contributed by atoms with Crippen LogP contribution in [-0.4, -0.2) is 22.2 Å². The highest BCUT2D eigenvalue weighted by atomic mass is 79.9. The van der Waals surface area contributed by atoms with Gasteiger partial charge in [-0.05, 0) is 53.6 Å². The molecule has 2 aromatic carbocycles. The van der Waals surface area contributed by atoms with Gasteiger partial charge in [0.05, 0.1) is 23.5 Å². The van der Waals surface area contributed by atoms with E-state index in [0.717, 1.165) is 26.7 Å². The average Bonchev–Trinajstić information content (AvgIpc) is 2.71. The Bertz CT molecular complexity index is 1120. The minimum absolute atomic E-state index is 0.176. The lowest BCUT2D eigenvalue weighted by atomic mass is 9.70. The van der Waals surface area contributed by atoms with Gasteiger partial charge in [-0.1, -0.05) is 66.2 Å². The van der Waals surface area contributed by atoms with Crippen molar-refractivity contribution in [3.63, 3.8) is 0 Å². The van der Waals surface area contributed by atoms with E-state index in [1.54, 1.807) is 6.20 Å². The van der Waals surface area contributed by atoms with Gasteiger partial charge < -0.3 is 15.7 Å². The first-order valence-electron chi connectivity index (χ1n) is 10.3. The number of aryl methyl sites for hydroxylation is 1. The molecule has 2 atom stereocenters. The molecule has 3 aromatic rings. The van der Waals surface area contributed by atoms with E-state index in [2.05, 4.69) is 51.5 Å². The average molecular weight is 480 g/mol. The van der Waals surface area contributed by atoms with Crippen LogP contribution in [-0.2, 0) is 5.41 Å². The molecule has 0 aliphatic heterocycles. The van der Waals surface area contributed by atoms with Crippen molar-refractivity contribution in [2.75, 3.05) is 5.32 Å². The summed E-state index contributed by atoms with van der Waals surface area (Å²) in [7, 11) is 0. The highest BCUT2D eigenvalue weighted by Gasteiger charge is 2.39. The summed E-state index contributed by atoms with van der Waals surface area (Å²) in [6.45, 7) is 6.17. The fraction of sp³-hybridized carbons (Fsp3) is 0.280. The van der Waals surface area contributed by atoms with Gasteiger partial charge in [-0.15, -0.1) is 0 Å². The van der Waals surface area contributed by atoms with Crippen molar-refractivity contribution in [1.82, 2.24) is 10.3 Å². The standard InChI is InChI=1S/C25H26BrN3O2/c1-15-11-20(22(27-14-15)16-7-5-4-6-8-16)28-24(31)29-23-18-12-17(26)9-10-19(18)25(2,3)13-21(23)30/h4-12,14,21,23,30H,13H2,1-3H3,(H2,28,29,31)/t21-,23?/m1/s1. The number of halogens is 1. The highest BCUT2D eigenvalue weighted by molar-refractivity contribution is 9.10. The van der Waals surface area contributed by atoms with Gasteiger partial charge in [0.1, 0.15) is 0 Å². The summed E-state index contributed by atoms with van der Waals surface area (Å²) < 4.78 is 0.914. The third-order valence-electron chi connectivity index (χ3n) is 5.79. The number of aromatic nitrogens is 1. The van der Waals surface area contributed by atoms with Crippen LogP contribution in [0.3, 0.4) is 0 Å². The molecule has 1 heterocycles. The fourth-order valence-corrected chi connectivity index (χ4v) is 4.71. The van der Waals surface area contributed by atoms with Crippen molar-refractivity contribution in [2.24, 2.45) is 0 Å². The van der Waals surface area contributed by atoms with Crippen molar-refractivity contribution in [3.8, 4) is 11.3 Å². The summed E-state index contributed by atoms with van der Waals surface area (Å²) in [6, 6.07) is 16.8. The van der Waals surface area contributed by atoms with Crippen LogP contribution in [0.2, 0.25) is 0 Å². The molecule has 0 saturated carbocycles. The van der Waals surface area contributed by atoms with Crippen LogP contribution in [0.1, 0.15) is 43.0 Å². The Kier molecular flexibility index (Phi) is 5.86. The molecule has 160 valence electrons. The lowest BCUT2D eigenvalue weighted by Gasteiger charge is -2.40. The lowest BCUT2D eigenvalue weighted by molar-refractivity contribution is 0.0882. The number of aliphatic hydroxyl groups excluding tert-OH is 1. The number of hydrogen-bond acceptors (Lipinski definition) is 3. The molecule has 1 aliphatic carbocycles. The normalized spacial score (nSPS) is 19.4. The molecule has 0 fully saturated rings. The van der Waals surface area contributed by atoms with Crippen LogP contribution in [0.4, 0.5) is 10.5 Å². The lowest BCUT2D eigenvalue weighted by Crippen LogP contribution is -2.45. The molecule has 0 saturated heterocycles. The first-order chi connectivity index (χ1) is 14.7. The monoisotopic (exact) mass is 479 g/mol. The van der Waals surface area contributed by atoms with Crippen molar-refractivity contribution in [3.05, 3.63) is 82.0 Å². The quantitative estimate of drug-likeness (QED) is 0.449. The fourth-order valence-electron chi connectivity index (χ4n) is 4.33. The minimum atomic E-state index is -0.688. The topological polar surface area (TPSA) is 74.2 Å². The second-order valence-corrected chi connectivity index (χ2v) is 9.65. The molecule has 1 aliphatic rings. The Morgan fingerprint density at radius 3 is 2.65 bits per heavy atom. The maximum atomic E-state index is 13.0. The third-order valence-corrected chi connectivity index (χ3v) is 6.28. The zero-order valence-corrected chi connectivity index (χ0v) is 19.4. The first kappa shape index (κ1) is 21.5. The largest absolute Gasteiger partial charge is 0.391 e. The maximum absolute atomic E-state index is 13.0. The Balaban J connectivity index is 1.62. The van der Waals surface area contributed by atoms with Crippen LogP contribution in [0.15, 0.2) is 65.3 Å². The Hall–Kier alpha value is -2.70. The molecule has 31 heavy (non-hydrogen) atoms. The smallest absolute Gasteiger partial charge is 0.319 e. The minimum Gasteiger partial charge on any atom is -0.391 e. The molecule has 1 unspecified atom stereocenters. The van der Waals surface area contributed by atoms with E-state index in [0.29, 0.717) is 17.8 Å². The van der Waals surface area contributed by atoms with E-state index >= 15 is 0 Å². The van der Waals surface area contributed by atoms with E-state index in [-0.39, 0.29) is 11.4 Å². The Morgan fingerprint density at radius 2 is 1.90 bits per heavy atom. The number of anilines is 1. The molecular formula is C25H26BrN3O2. The molecule has 2 amide bonds. The summed E-state index contributed by atoms with van der Waals surface area (Å²) >= 11 is 3.52. The number of urea groups is 1. The SMILES string of the molecule is Cc1cnc(-c2ccccc2)c(NC(=O)NC2c3cc(Br)ccc3C(C)(C)C[C@H]2O)c1. The van der Waals surface area contributed by atoms with Gasteiger partial charge in [-0.2, -0.15) is 0 Å². The zero-order valence-electron chi connectivity index (χ0n) is 17.8. The number of aliphatic hydroxyl groups is 1. The summed E-state index contributed by atoms with van der Waals surface area (Å²) in [5.41, 5.74) is 5.09. The number of hydrogen-bond donors (Lipinski definition) is 3. The van der Waals surface area contributed by atoms with Gasteiger partial charge in [0.25, 0.3) is 0 Å². The summed E-state index contributed by atoms with van der Waals surface area (Å²) in [5, 5.41) is 16.8. The van der Waals surface area contributed by atoms with Gasteiger partial charge in [-0.3, -0.25) is 4.98 Å². The van der Waals surface area contributed by atoms with Crippen molar-refractivity contribution >= 4 is 27.6 Å². The molecule has 1 aromatic heterocycles. The van der Waals surface area contributed by atoms with Crippen molar-refractivity contribution in [2.45, 2.75) is 44.8 Å². The van der Waals surface area contributed by atoms with E-state index in [9.17, 15) is 9.90 Å². The predicted octanol–water partition coefficient (Wildman–Crippen LogP) is 5.72. The number of carbonyl (C=O) groups is 1. The van der Waals surface area contributed by atoms with Crippen LogP contribution < -0.4 is 10.6 Å². The summed E-state index contributed by atoms with van der Waals surface area (Å²) in [6.07, 6.45) is 1.66. The number of rotatable bonds is 3.